The van der Waals surface area contributed by atoms with Gasteiger partial charge in [-0.05, 0) is 42.5 Å². The van der Waals surface area contributed by atoms with Crippen molar-refractivity contribution in [1.29, 1.82) is 0 Å². The summed E-state index contributed by atoms with van der Waals surface area (Å²) >= 11 is 5.83. The van der Waals surface area contributed by atoms with Crippen LogP contribution in [0.2, 0.25) is 5.02 Å². The van der Waals surface area contributed by atoms with Gasteiger partial charge in [0.05, 0.1) is 16.3 Å². The van der Waals surface area contributed by atoms with Crippen molar-refractivity contribution in [3.05, 3.63) is 70.6 Å². The van der Waals surface area contributed by atoms with Crippen molar-refractivity contribution in [3.8, 4) is 5.75 Å². The minimum Gasteiger partial charge on any atom is -0.485 e. The maximum Gasteiger partial charge on any atom is 0.338 e. The monoisotopic (exact) mass is 419 g/mol. The van der Waals surface area contributed by atoms with Gasteiger partial charge in [-0.1, -0.05) is 16.8 Å². The Bertz CT molecular complexity index is 1020. The average molecular weight is 420 g/mol. The van der Waals surface area contributed by atoms with Crippen molar-refractivity contribution in [3.63, 3.8) is 0 Å². The third-order valence-electron chi connectivity index (χ3n) is 3.57. The van der Waals surface area contributed by atoms with Crippen LogP contribution in [0.3, 0.4) is 0 Å². The van der Waals surface area contributed by atoms with E-state index in [2.05, 4.69) is 15.5 Å². The van der Waals surface area contributed by atoms with Gasteiger partial charge in [-0.15, -0.1) is 0 Å². The molecule has 0 aliphatic heterocycles. The number of benzene rings is 2. The molecule has 2 aromatic carbocycles. The summed E-state index contributed by atoms with van der Waals surface area (Å²) in [6.45, 7) is 1.26. The van der Waals surface area contributed by atoms with E-state index in [0.717, 1.165) is 12.1 Å². The number of nitrogens with zero attached hydrogens (tertiary/aromatic N) is 2. The van der Waals surface area contributed by atoms with Crippen LogP contribution in [0, 0.1) is 12.7 Å². The molecule has 10 heteroatoms. The lowest BCUT2D eigenvalue weighted by atomic mass is 10.2. The molecule has 0 aliphatic rings. The largest absolute Gasteiger partial charge is 0.485 e. The molecule has 8 nitrogen and oxygen atoms in total. The summed E-state index contributed by atoms with van der Waals surface area (Å²) in [5.41, 5.74) is 0.452. The third-order valence-corrected chi connectivity index (χ3v) is 3.88. The molecule has 1 amide bonds. The molecule has 0 saturated carbocycles. The fourth-order valence-corrected chi connectivity index (χ4v) is 2.44. The van der Waals surface area contributed by atoms with Gasteiger partial charge in [0, 0.05) is 6.92 Å². The van der Waals surface area contributed by atoms with E-state index >= 15 is 0 Å². The molecule has 1 heterocycles. The van der Waals surface area contributed by atoms with Crippen LogP contribution in [-0.2, 0) is 16.1 Å². The predicted molar refractivity (Wildman–Crippen MR) is 100 cm³/mol. The first-order chi connectivity index (χ1) is 13.9. The predicted octanol–water partition coefficient (Wildman–Crippen LogP) is 3.55. The Morgan fingerprint density at radius 2 is 1.97 bits per heavy atom. The topological polar surface area (TPSA) is 104 Å². The van der Waals surface area contributed by atoms with Crippen molar-refractivity contribution in [2.45, 2.75) is 13.5 Å². The molecule has 3 rings (SSSR count). The van der Waals surface area contributed by atoms with Gasteiger partial charge in [0.25, 0.3) is 5.91 Å². The first-order valence-electron chi connectivity index (χ1n) is 8.35. The fraction of sp³-hybridized carbons (Fsp3) is 0.158. The third kappa shape index (κ3) is 5.76. The molecular weight excluding hydrogens is 405 g/mol. The molecule has 0 bridgehead atoms. The van der Waals surface area contributed by atoms with Gasteiger partial charge in [-0.3, -0.25) is 4.79 Å². The maximum atomic E-state index is 13.0. The van der Waals surface area contributed by atoms with E-state index in [1.807, 2.05) is 0 Å². The molecule has 0 fully saturated rings. The number of hydrogen-bond donors (Lipinski definition) is 1. The highest BCUT2D eigenvalue weighted by atomic mass is 35.5. The van der Waals surface area contributed by atoms with Gasteiger partial charge in [-0.25, -0.2) is 9.18 Å². The van der Waals surface area contributed by atoms with Crippen LogP contribution in [0.5, 0.6) is 5.75 Å². The van der Waals surface area contributed by atoms with Gasteiger partial charge < -0.3 is 19.3 Å². The second-order valence-electron chi connectivity index (χ2n) is 5.79. The van der Waals surface area contributed by atoms with Crippen LogP contribution in [0.25, 0.3) is 0 Å². The Balaban J connectivity index is 1.48. The molecule has 29 heavy (non-hydrogen) atoms. The quantitative estimate of drug-likeness (QED) is 0.584. The molecule has 0 saturated heterocycles. The van der Waals surface area contributed by atoms with Crippen LogP contribution in [0.15, 0.2) is 47.0 Å². The number of carbonyl (C=O) groups is 2. The fourth-order valence-electron chi connectivity index (χ4n) is 2.23. The Hall–Kier alpha value is -3.46. The van der Waals surface area contributed by atoms with E-state index in [1.54, 1.807) is 19.1 Å². The van der Waals surface area contributed by atoms with Crippen molar-refractivity contribution in [2.24, 2.45) is 0 Å². The number of amides is 1. The summed E-state index contributed by atoms with van der Waals surface area (Å²) in [6, 6.07) is 9.65. The smallest absolute Gasteiger partial charge is 0.338 e. The van der Waals surface area contributed by atoms with Crippen LogP contribution < -0.4 is 10.1 Å². The lowest BCUT2D eigenvalue weighted by molar-refractivity contribution is -0.119. The lowest BCUT2D eigenvalue weighted by Crippen LogP contribution is -2.21. The molecular formula is C19H15ClFN3O5. The lowest BCUT2D eigenvalue weighted by Gasteiger charge is -2.08. The van der Waals surface area contributed by atoms with Gasteiger partial charge in [0.2, 0.25) is 11.7 Å². The zero-order valence-electron chi connectivity index (χ0n) is 15.1. The highest BCUT2D eigenvalue weighted by molar-refractivity contribution is 6.33. The second-order valence-corrected chi connectivity index (χ2v) is 6.20. The molecule has 1 N–H and O–H groups in total. The highest BCUT2D eigenvalue weighted by Crippen LogP contribution is 2.22. The molecule has 0 unspecified atom stereocenters. The van der Waals surface area contributed by atoms with E-state index in [4.69, 9.17) is 25.6 Å². The maximum absolute atomic E-state index is 13.0. The first kappa shape index (κ1) is 20.3. The number of aryl methyl sites for hydroxylation is 1. The van der Waals surface area contributed by atoms with E-state index in [1.165, 1.54) is 18.2 Å². The summed E-state index contributed by atoms with van der Waals surface area (Å²) in [6.07, 6.45) is 0. The number of anilines is 1. The normalized spacial score (nSPS) is 10.4. The molecule has 0 atom stereocenters. The van der Waals surface area contributed by atoms with Crippen molar-refractivity contribution < 1.29 is 28.0 Å². The van der Waals surface area contributed by atoms with E-state index in [-0.39, 0.29) is 22.9 Å². The summed E-state index contributed by atoms with van der Waals surface area (Å²) in [4.78, 5) is 27.9. The molecule has 0 aliphatic carbocycles. The Labute approximate surface area is 169 Å². The van der Waals surface area contributed by atoms with E-state index in [0.29, 0.717) is 17.5 Å². The van der Waals surface area contributed by atoms with Gasteiger partial charge in [0.1, 0.15) is 11.6 Å². The summed E-state index contributed by atoms with van der Waals surface area (Å²) in [5, 5.41) is 6.18. The Morgan fingerprint density at radius 1 is 1.21 bits per heavy atom. The number of nitrogens with one attached hydrogen (secondary N) is 1. The van der Waals surface area contributed by atoms with E-state index < -0.39 is 24.3 Å². The first-order valence-corrected chi connectivity index (χ1v) is 8.72. The van der Waals surface area contributed by atoms with Gasteiger partial charge in [0.15, 0.2) is 13.2 Å². The molecule has 0 spiro atoms. The molecule has 1 aromatic heterocycles. The summed E-state index contributed by atoms with van der Waals surface area (Å²) in [7, 11) is 0. The molecule has 150 valence electrons. The summed E-state index contributed by atoms with van der Waals surface area (Å²) < 4.78 is 28.3. The van der Waals surface area contributed by atoms with Gasteiger partial charge in [-0.2, -0.15) is 4.98 Å². The number of hydrogen-bond acceptors (Lipinski definition) is 7. The van der Waals surface area contributed by atoms with E-state index in [9.17, 15) is 14.0 Å². The summed E-state index contributed by atoms with van der Waals surface area (Å²) in [5.74, 6) is -0.495. The number of halogens is 2. The number of rotatable bonds is 7. The average Bonchev–Trinajstić information content (AvgIpc) is 3.12. The van der Waals surface area contributed by atoms with Crippen LogP contribution in [-0.4, -0.2) is 28.6 Å². The van der Waals surface area contributed by atoms with Crippen molar-refractivity contribution >= 4 is 29.2 Å². The minimum atomic E-state index is -0.689. The SMILES string of the molecule is Cc1nc(COc2ccc(C(=O)OCC(=O)Nc3ccc(F)cc3Cl)cc2)no1. The molecule has 3 aromatic rings. The number of esters is 1. The van der Waals surface area contributed by atoms with Crippen LogP contribution in [0.4, 0.5) is 10.1 Å². The zero-order chi connectivity index (χ0) is 20.8. The second kappa shape index (κ2) is 9.16. The molecule has 0 radical (unpaired) electrons. The van der Waals surface area contributed by atoms with Crippen LogP contribution in [0.1, 0.15) is 22.1 Å². The number of carbonyl (C=O) groups excluding carboxylic acids is 2. The van der Waals surface area contributed by atoms with Crippen molar-refractivity contribution in [2.75, 3.05) is 11.9 Å². The standard InChI is InChI=1S/C19H15ClFN3O5/c1-11-22-17(24-29-11)9-27-14-5-2-12(3-6-14)19(26)28-10-18(25)23-16-7-4-13(21)8-15(16)20/h2-8H,9-10H2,1H3,(H,23,25). The van der Waals surface area contributed by atoms with Crippen molar-refractivity contribution in [1.82, 2.24) is 10.1 Å². The zero-order valence-corrected chi connectivity index (χ0v) is 15.9. The highest BCUT2D eigenvalue weighted by Gasteiger charge is 2.12. The minimum absolute atomic E-state index is 0.0382. The number of aromatic nitrogens is 2. The van der Waals surface area contributed by atoms with Gasteiger partial charge >= 0.3 is 5.97 Å². The number of ether oxygens (including phenoxy) is 2. The Morgan fingerprint density at radius 3 is 2.62 bits per heavy atom. The Kier molecular flexibility index (Phi) is 6.40. The van der Waals surface area contributed by atoms with Crippen LogP contribution >= 0.6 is 11.6 Å².